The Hall–Kier alpha value is -2.61. The van der Waals surface area contributed by atoms with Gasteiger partial charge in [-0.25, -0.2) is 4.98 Å². The van der Waals surface area contributed by atoms with Crippen molar-refractivity contribution >= 4 is 5.91 Å². The number of nitrogens with two attached hydrogens (primary N) is 1. The van der Waals surface area contributed by atoms with Crippen LogP contribution in [0.4, 0.5) is 0 Å². The molecule has 134 valence electrons. The smallest absolute Gasteiger partial charge is 0.231 e. The summed E-state index contributed by atoms with van der Waals surface area (Å²) in [5.41, 5.74) is 5.29. The maximum absolute atomic E-state index is 11.1. The third kappa shape index (κ3) is 4.48. The first-order chi connectivity index (χ1) is 12.2. The summed E-state index contributed by atoms with van der Waals surface area (Å²) in [6, 6.07) is 7.47. The van der Waals surface area contributed by atoms with E-state index in [9.17, 15) is 4.79 Å². The number of aromatic amines is 1. The van der Waals surface area contributed by atoms with Crippen molar-refractivity contribution in [2.45, 2.75) is 25.4 Å². The molecule has 1 saturated heterocycles. The van der Waals surface area contributed by atoms with Gasteiger partial charge < -0.3 is 15.2 Å². The number of ether oxygens (including phenoxy) is 2. The first-order valence-corrected chi connectivity index (χ1v) is 8.33. The summed E-state index contributed by atoms with van der Waals surface area (Å²) in [6.45, 7) is 2.19. The Morgan fingerprint density at radius 1 is 1.40 bits per heavy atom. The van der Waals surface area contributed by atoms with Gasteiger partial charge in [-0.2, -0.15) is 5.10 Å². The predicted molar refractivity (Wildman–Crippen MR) is 91.3 cm³/mol. The lowest BCUT2D eigenvalue weighted by molar-refractivity contribution is -0.119. The van der Waals surface area contributed by atoms with Crippen molar-refractivity contribution in [1.29, 1.82) is 0 Å². The van der Waals surface area contributed by atoms with Gasteiger partial charge >= 0.3 is 0 Å². The summed E-state index contributed by atoms with van der Waals surface area (Å²) < 4.78 is 11.0. The second-order valence-corrected chi connectivity index (χ2v) is 6.12. The van der Waals surface area contributed by atoms with E-state index in [4.69, 9.17) is 15.2 Å². The maximum Gasteiger partial charge on any atom is 0.231 e. The lowest BCUT2D eigenvalue weighted by atomic mass is 9.97. The molecular formula is C17H23N5O3. The number of nitrogens with zero attached hydrogens (tertiary/aromatic N) is 3. The van der Waals surface area contributed by atoms with E-state index >= 15 is 0 Å². The zero-order chi connectivity index (χ0) is 17.6. The third-order valence-corrected chi connectivity index (χ3v) is 4.23. The highest BCUT2D eigenvalue weighted by Gasteiger charge is 2.25. The highest BCUT2D eigenvalue weighted by atomic mass is 16.5. The first kappa shape index (κ1) is 17.2. The Morgan fingerprint density at radius 2 is 2.20 bits per heavy atom. The fraction of sp³-hybridized carbons (Fsp3) is 0.471. The molecule has 2 aromatic rings. The van der Waals surface area contributed by atoms with Crippen LogP contribution in [0.2, 0.25) is 0 Å². The molecule has 0 bridgehead atoms. The molecule has 2 heterocycles. The van der Waals surface area contributed by atoms with Crippen molar-refractivity contribution in [3.05, 3.63) is 35.9 Å². The second-order valence-electron chi connectivity index (χ2n) is 6.12. The summed E-state index contributed by atoms with van der Waals surface area (Å²) >= 11 is 0. The highest BCUT2D eigenvalue weighted by molar-refractivity contribution is 5.75. The fourth-order valence-corrected chi connectivity index (χ4v) is 3.07. The molecule has 0 unspecified atom stereocenters. The van der Waals surface area contributed by atoms with Crippen molar-refractivity contribution < 1.29 is 14.3 Å². The number of para-hydroxylation sites is 2. The monoisotopic (exact) mass is 345 g/mol. The summed E-state index contributed by atoms with van der Waals surface area (Å²) in [5, 5.41) is 7.25. The number of aromatic nitrogens is 3. The molecule has 0 saturated carbocycles. The van der Waals surface area contributed by atoms with Crippen LogP contribution < -0.4 is 15.2 Å². The van der Waals surface area contributed by atoms with E-state index in [-0.39, 0.29) is 25.0 Å². The van der Waals surface area contributed by atoms with E-state index in [1.165, 1.54) is 0 Å². The molecule has 1 amide bonds. The van der Waals surface area contributed by atoms with E-state index in [0.717, 1.165) is 31.8 Å². The highest BCUT2D eigenvalue weighted by Crippen LogP contribution is 2.27. The summed E-state index contributed by atoms with van der Waals surface area (Å²) in [6.07, 6.45) is 2.00. The number of carbonyl (C=O) groups excluding carboxylic acids is 1. The number of hydrogen-bond donors (Lipinski definition) is 2. The van der Waals surface area contributed by atoms with Crippen molar-refractivity contribution in [3.63, 3.8) is 0 Å². The van der Waals surface area contributed by atoms with Gasteiger partial charge in [-0.15, -0.1) is 0 Å². The van der Waals surface area contributed by atoms with Crippen LogP contribution in [0, 0.1) is 0 Å². The molecule has 3 N–H and O–H groups in total. The van der Waals surface area contributed by atoms with Crippen LogP contribution >= 0.6 is 0 Å². The molecule has 25 heavy (non-hydrogen) atoms. The number of nitrogens with one attached hydrogen (secondary N) is 1. The molecule has 1 atom stereocenters. The van der Waals surface area contributed by atoms with Gasteiger partial charge in [-0.1, -0.05) is 12.1 Å². The molecule has 8 nitrogen and oxygen atoms in total. The minimum atomic E-state index is -0.304. The molecule has 0 aliphatic carbocycles. The molecule has 0 radical (unpaired) electrons. The number of H-pyrrole nitrogens is 1. The number of benzene rings is 1. The number of piperidine rings is 1. The van der Waals surface area contributed by atoms with E-state index in [1.54, 1.807) is 7.11 Å². The Morgan fingerprint density at radius 3 is 2.96 bits per heavy atom. The molecule has 1 aliphatic rings. The Bertz CT molecular complexity index is 718. The van der Waals surface area contributed by atoms with Gasteiger partial charge in [0.25, 0.3) is 0 Å². The van der Waals surface area contributed by atoms with Crippen molar-refractivity contribution in [1.82, 2.24) is 20.1 Å². The zero-order valence-corrected chi connectivity index (χ0v) is 14.3. The Labute approximate surface area is 146 Å². The predicted octanol–water partition coefficient (Wildman–Crippen LogP) is 1.06. The minimum absolute atomic E-state index is 0.198. The average Bonchev–Trinajstić information content (AvgIpc) is 3.09. The SMILES string of the molecule is COc1ccccc1OCc1nc([C@H]2CCCN(CC(N)=O)C2)n[nH]1. The van der Waals surface area contributed by atoms with Crippen molar-refractivity contribution in [3.8, 4) is 11.5 Å². The summed E-state index contributed by atoms with van der Waals surface area (Å²) in [5.74, 6) is 2.65. The van der Waals surface area contributed by atoms with Crippen molar-refractivity contribution in [2.75, 3.05) is 26.7 Å². The van der Waals surface area contributed by atoms with E-state index in [2.05, 4.69) is 20.1 Å². The lowest BCUT2D eigenvalue weighted by Crippen LogP contribution is -2.40. The van der Waals surface area contributed by atoms with Crippen LogP contribution in [0.25, 0.3) is 0 Å². The van der Waals surface area contributed by atoms with E-state index in [1.807, 2.05) is 24.3 Å². The third-order valence-electron chi connectivity index (χ3n) is 4.23. The molecule has 3 rings (SSSR count). The topological polar surface area (TPSA) is 106 Å². The fourth-order valence-electron chi connectivity index (χ4n) is 3.07. The number of rotatable bonds is 7. The van der Waals surface area contributed by atoms with Gasteiger partial charge in [0.15, 0.2) is 23.1 Å². The van der Waals surface area contributed by atoms with Crippen LogP contribution in [-0.4, -0.2) is 52.7 Å². The first-order valence-electron chi connectivity index (χ1n) is 8.33. The maximum atomic E-state index is 11.1. The molecular weight excluding hydrogens is 322 g/mol. The molecule has 0 spiro atoms. The van der Waals surface area contributed by atoms with Gasteiger partial charge in [0.2, 0.25) is 5.91 Å². The average molecular weight is 345 g/mol. The van der Waals surface area contributed by atoms with Crippen LogP contribution in [0.15, 0.2) is 24.3 Å². The molecule has 1 aromatic carbocycles. The second kappa shape index (κ2) is 7.98. The Kier molecular flexibility index (Phi) is 5.49. The zero-order valence-electron chi connectivity index (χ0n) is 14.3. The van der Waals surface area contributed by atoms with Crippen LogP contribution in [-0.2, 0) is 11.4 Å². The largest absolute Gasteiger partial charge is 0.493 e. The van der Waals surface area contributed by atoms with Crippen LogP contribution in [0.5, 0.6) is 11.5 Å². The lowest BCUT2D eigenvalue weighted by Gasteiger charge is -2.30. The number of amides is 1. The molecule has 1 aliphatic heterocycles. The quantitative estimate of drug-likeness (QED) is 0.777. The van der Waals surface area contributed by atoms with Crippen LogP contribution in [0.3, 0.4) is 0 Å². The molecule has 1 fully saturated rings. The normalized spacial score (nSPS) is 18.0. The van der Waals surface area contributed by atoms with Gasteiger partial charge in [0, 0.05) is 12.5 Å². The van der Waals surface area contributed by atoms with Gasteiger partial charge in [0.05, 0.1) is 13.7 Å². The van der Waals surface area contributed by atoms with Gasteiger partial charge in [0.1, 0.15) is 6.61 Å². The molecule has 8 heteroatoms. The minimum Gasteiger partial charge on any atom is -0.493 e. The van der Waals surface area contributed by atoms with Gasteiger partial charge in [-0.05, 0) is 31.5 Å². The summed E-state index contributed by atoms with van der Waals surface area (Å²) in [4.78, 5) is 17.7. The number of carbonyl (C=O) groups is 1. The number of primary amides is 1. The Balaban J connectivity index is 1.59. The summed E-state index contributed by atoms with van der Waals surface area (Å²) in [7, 11) is 1.61. The van der Waals surface area contributed by atoms with E-state index < -0.39 is 0 Å². The van der Waals surface area contributed by atoms with E-state index in [0.29, 0.717) is 17.3 Å². The number of hydrogen-bond acceptors (Lipinski definition) is 6. The number of methoxy groups -OCH3 is 1. The van der Waals surface area contributed by atoms with Crippen molar-refractivity contribution in [2.24, 2.45) is 5.73 Å². The number of likely N-dealkylation sites (tertiary alicyclic amines) is 1. The standard InChI is InChI=1S/C17H23N5O3/c1-24-13-6-2-3-7-14(13)25-11-16-19-17(21-20-16)12-5-4-8-22(9-12)10-15(18)23/h2-3,6-7,12H,4-5,8-11H2,1H3,(H2,18,23)(H,19,20,21)/t12-/m0/s1. The molecule has 1 aromatic heterocycles. The van der Waals surface area contributed by atoms with Crippen LogP contribution in [0.1, 0.15) is 30.4 Å². The van der Waals surface area contributed by atoms with Gasteiger partial charge in [-0.3, -0.25) is 14.8 Å².